The highest BCUT2D eigenvalue weighted by Gasteiger charge is 2.21. The molecule has 0 unspecified atom stereocenters. The Hall–Kier alpha value is -1.71. The normalized spacial score (nSPS) is 21.2. The Morgan fingerprint density at radius 1 is 1.46 bits per heavy atom. The lowest BCUT2D eigenvalue weighted by atomic mass is 10.1. The number of nitrogens with zero attached hydrogens (tertiary/aromatic N) is 2. The number of rotatable bonds is 2. The Balaban J connectivity index is 1.95. The molecule has 1 aliphatic rings. The van der Waals surface area contributed by atoms with E-state index < -0.39 is 0 Å². The fourth-order valence-electron chi connectivity index (χ4n) is 1.13. The van der Waals surface area contributed by atoms with Crippen LogP contribution in [0.1, 0.15) is 12.0 Å². The van der Waals surface area contributed by atoms with Gasteiger partial charge >= 0.3 is 0 Å². The van der Waals surface area contributed by atoms with Gasteiger partial charge in [0.1, 0.15) is 6.33 Å². The van der Waals surface area contributed by atoms with E-state index in [2.05, 4.69) is 15.3 Å². The molecule has 1 aromatic rings. The average Bonchev–Trinajstić information content (AvgIpc) is 2.12. The molecule has 4 heteroatoms. The zero-order valence-corrected chi connectivity index (χ0v) is 6.97. The first-order valence-corrected chi connectivity index (χ1v) is 4.07. The quantitative estimate of drug-likeness (QED) is 0.661. The van der Waals surface area contributed by atoms with E-state index in [-0.39, 0.29) is 11.9 Å². The van der Waals surface area contributed by atoms with Gasteiger partial charge in [-0.05, 0) is 0 Å². The SMILES string of the molecule is O=C1C[C@@H](/C=C/c2cncnc2)N1. The predicted molar refractivity (Wildman–Crippen MR) is 47.6 cm³/mol. The van der Waals surface area contributed by atoms with Crippen molar-refractivity contribution in [3.05, 3.63) is 30.4 Å². The molecular formula is C9H9N3O. The summed E-state index contributed by atoms with van der Waals surface area (Å²) in [6.45, 7) is 0. The maximum Gasteiger partial charge on any atom is 0.222 e. The van der Waals surface area contributed by atoms with Crippen LogP contribution in [-0.2, 0) is 4.79 Å². The van der Waals surface area contributed by atoms with E-state index in [1.165, 1.54) is 6.33 Å². The summed E-state index contributed by atoms with van der Waals surface area (Å²) in [5.41, 5.74) is 0.948. The van der Waals surface area contributed by atoms with Gasteiger partial charge in [0.15, 0.2) is 0 Å². The van der Waals surface area contributed by atoms with Gasteiger partial charge < -0.3 is 5.32 Å². The second-order valence-electron chi connectivity index (χ2n) is 2.91. The van der Waals surface area contributed by atoms with E-state index in [0.29, 0.717) is 6.42 Å². The molecule has 0 spiro atoms. The van der Waals surface area contributed by atoms with E-state index in [9.17, 15) is 4.79 Å². The van der Waals surface area contributed by atoms with Crippen molar-refractivity contribution in [2.45, 2.75) is 12.5 Å². The number of β-lactam (4-membered cyclic amide) rings is 1. The van der Waals surface area contributed by atoms with Crippen molar-refractivity contribution in [1.82, 2.24) is 15.3 Å². The summed E-state index contributed by atoms with van der Waals surface area (Å²) in [6, 6.07) is 0.188. The Morgan fingerprint density at radius 2 is 2.15 bits per heavy atom. The number of amides is 1. The summed E-state index contributed by atoms with van der Waals surface area (Å²) in [4.78, 5) is 18.3. The topological polar surface area (TPSA) is 54.9 Å². The highest BCUT2D eigenvalue weighted by atomic mass is 16.2. The van der Waals surface area contributed by atoms with Crippen LogP contribution < -0.4 is 5.32 Å². The first-order chi connectivity index (χ1) is 6.34. The number of hydrogen-bond acceptors (Lipinski definition) is 3. The van der Waals surface area contributed by atoms with Crippen LogP contribution in [0.5, 0.6) is 0 Å². The zero-order valence-electron chi connectivity index (χ0n) is 6.97. The third kappa shape index (κ3) is 1.90. The summed E-state index contributed by atoms with van der Waals surface area (Å²) in [5.74, 6) is 0.110. The summed E-state index contributed by atoms with van der Waals surface area (Å²) in [6.07, 6.45) is 9.38. The van der Waals surface area contributed by atoms with Crippen molar-refractivity contribution >= 4 is 12.0 Å². The predicted octanol–water partition coefficient (Wildman–Crippen LogP) is 0.378. The van der Waals surface area contributed by atoms with Crippen molar-refractivity contribution in [2.75, 3.05) is 0 Å². The van der Waals surface area contributed by atoms with Gasteiger partial charge in [-0.1, -0.05) is 12.2 Å². The molecule has 1 fully saturated rings. The lowest BCUT2D eigenvalue weighted by molar-refractivity contribution is -0.127. The standard InChI is InChI=1S/C9H9N3O/c13-9-3-8(12-9)2-1-7-4-10-6-11-5-7/h1-2,4-6,8H,3H2,(H,12,13)/b2-1+/t8-/m1/s1. The molecule has 2 heterocycles. The molecule has 13 heavy (non-hydrogen) atoms. The molecule has 1 atom stereocenters. The van der Waals surface area contributed by atoms with Crippen LogP contribution in [0.3, 0.4) is 0 Å². The van der Waals surface area contributed by atoms with Gasteiger partial charge in [0.05, 0.1) is 12.5 Å². The van der Waals surface area contributed by atoms with E-state index in [1.54, 1.807) is 12.4 Å². The van der Waals surface area contributed by atoms with E-state index in [0.717, 1.165) is 5.56 Å². The molecule has 1 aromatic heterocycles. The van der Waals surface area contributed by atoms with Crippen molar-refractivity contribution in [3.63, 3.8) is 0 Å². The van der Waals surface area contributed by atoms with Crippen molar-refractivity contribution < 1.29 is 4.79 Å². The Kier molecular flexibility index (Phi) is 2.04. The number of carbonyl (C=O) groups excluding carboxylic acids is 1. The van der Waals surface area contributed by atoms with Gasteiger partial charge in [-0.15, -0.1) is 0 Å². The molecule has 4 nitrogen and oxygen atoms in total. The Labute approximate surface area is 75.7 Å². The lowest BCUT2D eigenvalue weighted by Crippen LogP contribution is -2.46. The monoisotopic (exact) mass is 175 g/mol. The highest BCUT2D eigenvalue weighted by molar-refractivity contribution is 5.84. The van der Waals surface area contributed by atoms with Crippen molar-refractivity contribution in [2.24, 2.45) is 0 Å². The molecule has 1 amide bonds. The van der Waals surface area contributed by atoms with Gasteiger partial charge in [0.25, 0.3) is 0 Å². The zero-order chi connectivity index (χ0) is 9.10. The Bertz CT molecular complexity index is 326. The van der Waals surface area contributed by atoms with Crippen LogP contribution >= 0.6 is 0 Å². The van der Waals surface area contributed by atoms with E-state index in [1.807, 2.05) is 12.2 Å². The smallest absolute Gasteiger partial charge is 0.222 e. The molecule has 66 valence electrons. The van der Waals surface area contributed by atoms with Gasteiger partial charge in [-0.3, -0.25) is 4.79 Å². The largest absolute Gasteiger partial charge is 0.349 e. The first kappa shape index (κ1) is 7.91. The summed E-state index contributed by atoms with van der Waals surface area (Å²) in [5, 5.41) is 2.75. The summed E-state index contributed by atoms with van der Waals surface area (Å²) < 4.78 is 0. The van der Waals surface area contributed by atoms with Crippen LogP contribution in [-0.4, -0.2) is 21.9 Å². The minimum Gasteiger partial charge on any atom is -0.349 e. The molecule has 2 rings (SSSR count). The molecule has 0 radical (unpaired) electrons. The second kappa shape index (κ2) is 3.35. The molecular weight excluding hydrogens is 166 g/mol. The number of nitrogens with one attached hydrogen (secondary N) is 1. The van der Waals surface area contributed by atoms with E-state index >= 15 is 0 Å². The molecule has 0 aliphatic carbocycles. The minimum absolute atomic E-state index is 0.110. The lowest BCUT2D eigenvalue weighted by Gasteiger charge is -2.23. The minimum atomic E-state index is 0.110. The van der Waals surface area contributed by atoms with Crippen LogP contribution in [0.2, 0.25) is 0 Å². The van der Waals surface area contributed by atoms with Gasteiger partial charge in [0, 0.05) is 18.0 Å². The maximum absolute atomic E-state index is 10.6. The second-order valence-corrected chi connectivity index (χ2v) is 2.91. The summed E-state index contributed by atoms with van der Waals surface area (Å²) >= 11 is 0. The maximum atomic E-state index is 10.6. The summed E-state index contributed by atoms with van der Waals surface area (Å²) in [7, 11) is 0. The third-order valence-electron chi connectivity index (χ3n) is 1.85. The number of carbonyl (C=O) groups is 1. The van der Waals surface area contributed by atoms with Crippen molar-refractivity contribution in [1.29, 1.82) is 0 Å². The highest BCUT2D eigenvalue weighted by Crippen LogP contribution is 2.07. The molecule has 0 bridgehead atoms. The number of hydrogen-bond donors (Lipinski definition) is 1. The third-order valence-corrected chi connectivity index (χ3v) is 1.85. The average molecular weight is 175 g/mol. The van der Waals surface area contributed by atoms with Crippen LogP contribution in [0.4, 0.5) is 0 Å². The molecule has 0 aromatic carbocycles. The van der Waals surface area contributed by atoms with Gasteiger partial charge in [-0.2, -0.15) is 0 Å². The fraction of sp³-hybridized carbons (Fsp3) is 0.222. The molecule has 1 N–H and O–H groups in total. The molecule has 0 saturated carbocycles. The molecule has 1 saturated heterocycles. The molecule has 1 aliphatic heterocycles. The first-order valence-electron chi connectivity index (χ1n) is 4.07. The van der Waals surface area contributed by atoms with Crippen LogP contribution in [0.25, 0.3) is 6.08 Å². The van der Waals surface area contributed by atoms with Crippen molar-refractivity contribution in [3.8, 4) is 0 Å². The van der Waals surface area contributed by atoms with E-state index in [4.69, 9.17) is 0 Å². The van der Waals surface area contributed by atoms with Crippen LogP contribution in [0.15, 0.2) is 24.8 Å². The van der Waals surface area contributed by atoms with Gasteiger partial charge in [-0.25, -0.2) is 9.97 Å². The van der Waals surface area contributed by atoms with Gasteiger partial charge in [0.2, 0.25) is 5.91 Å². The van der Waals surface area contributed by atoms with Crippen LogP contribution in [0, 0.1) is 0 Å². The fourth-order valence-corrected chi connectivity index (χ4v) is 1.13. The number of aromatic nitrogens is 2. The Morgan fingerprint density at radius 3 is 2.77 bits per heavy atom.